The molecule has 0 saturated carbocycles. The van der Waals surface area contributed by atoms with Gasteiger partial charge in [-0.05, 0) is 26.0 Å². The number of para-hydroxylation sites is 2. The molecule has 7 nitrogen and oxygen atoms in total. The van der Waals surface area contributed by atoms with E-state index in [1.807, 2.05) is 0 Å². The number of hydrogen-bond donors (Lipinski definition) is 4. The maximum absolute atomic E-state index is 11.5. The molecule has 0 aliphatic carbocycles. The minimum absolute atomic E-state index is 0.0468. The quantitative estimate of drug-likeness (QED) is 0.458. The second kappa shape index (κ2) is 7.13. The van der Waals surface area contributed by atoms with Crippen molar-refractivity contribution in [2.24, 2.45) is 0 Å². The lowest BCUT2D eigenvalue weighted by molar-refractivity contribution is -0.136. The number of aromatic hydroxyl groups is 1. The zero-order valence-corrected chi connectivity index (χ0v) is 11.3. The second-order valence-corrected chi connectivity index (χ2v) is 4.38. The van der Waals surface area contributed by atoms with E-state index in [1.165, 1.54) is 12.1 Å². The molecule has 0 aliphatic rings. The molecule has 1 rings (SSSR count). The van der Waals surface area contributed by atoms with E-state index >= 15 is 0 Å². The van der Waals surface area contributed by atoms with E-state index in [4.69, 9.17) is 0 Å². The Labute approximate surface area is 116 Å². The minimum Gasteiger partial charge on any atom is -0.506 e. The first-order chi connectivity index (χ1) is 9.40. The van der Waals surface area contributed by atoms with Gasteiger partial charge in [-0.15, -0.1) is 0 Å². The van der Waals surface area contributed by atoms with Crippen LogP contribution >= 0.6 is 0 Å². The highest BCUT2D eigenvalue weighted by atomic mass is 16.3. The largest absolute Gasteiger partial charge is 0.506 e. The van der Waals surface area contributed by atoms with Crippen LogP contribution in [0.3, 0.4) is 0 Å². The summed E-state index contributed by atoms with van der Waals surface area (Å²) in [7, 11) is 0. The van der Waals surface area contributed by atoms with Gasteiger partial charge < -0.3 is 21.1 Å². The number of rotatable bonds is 4. The molecule has 0 heterocycles. The Kier molecular flexibility index (Phi) is 5.52. The first-order valence-electron chi connectivity index (χ1n) is 6.06. The number of phenols is 1. The zero-order valence-electron chi connectivity index (χ0n) is 11.3. The number of phenolic OH excluding ortho intramolecular Hbond substituents is 1. The van der Waals surface area contributed by atoms with Gasteiger partial charge in [0, 0.05) is 6.04 Å². The van der Waals surface area contributed by atoms with Crippen molar-refractivity contribution in [3.63, 3.8) is 0 Å². The second-order valence-electron chi connectivity index (χ2n) is 4.38. The maximum atomic E-state index is 11.5. The van der Waals surface area contributed by atoms with Crippen LogP contribution in [0.4, 0.5) is 5.69 Å². The Balaban J connectivity index is 2.46. The predicted octanol–water partition coefficient (Wildman–Crippen LogP) is -0.0285. The Bertz CT molecular complexity index is 514. The molecule has 0 saturated heterocycles. The third-order valence-electron chi connectivity index (χ3n) is 2.22. The molecule has 0 aromatic heterocycles. The molecule has 0 atom stereocenters. The molecule has 3 amide bonds. The van der Waals surface area contributed by atoms with Gasteiger partial charge in [0.05, 0.1) is 12.2 Å². The number of anilines is 1. The molecule has 0 aliphatic heterocycles. The monoisotopic (exact) mass is 279 g/mol. The summed E-state index contributed by atoms with van der Waals surface area (Å²) in [5.74, 6) is -2.44. The summed E-state index contributed by atoms with van der Waals surface area (Å²) < 4.78 is 0. The van der Waals surface area contributed by atoms with Crippen LogP contribution in [0.2, 0.25) is 0 Å². The van der Waals surface area contributed by atoms with E-state index in [0.717, 1.165) is 0 Å². The van der Waals surface area contributed by atoms with Gasteiger partial charge in [-0.2, -0.15) is 0 Å². The van der Waals surface area contributed by atoms with Crippen molar-refractivity contribution in [2.45, 2.75) is 19.9 Å². The van der Waals surface area contributed by atoms with Crippen LogP contribution in [0.15, 0.2) is 24.3 Å². The highest BCUT2D eigenvalue weighted by Gasteiger charge is 2.16. The minimum atomic E-state index is -0.955. The fourth-order valence-electron chi connectivity index (χ4n) is 1.37. The van der Waals surface area contributed by atoms with Crippen LogP contribution in [-0.4, -0.2) is 35.4 Å². The van der Waals surface area contributed by atoms with Crippen molar-refractivity contribution >= 4 is 23.4 Å². The van der Waals surface area contributed by atoms with Gasteiger partial charge in [-0.25, -0.2) is 0 Å². The fraction of sp³-hybridized carbons (Fsp3) is 0.308. The van der Waals surface area contributed by atoms with E-state index in [-0.39, 0.29) is 29.9 Å². The molecule has 20 heavy (non-hydrogen) atoms. The van der Waals surface area contributed by atoms with Crippen LogP contribution < -0.4 is 16.0 Å². The Morgan fingerprint density at radius 1 is 1.15 bits per heavy atom. The average molecular weight is 279 g/mol. The third-order valence-corrected chi connectivity index (χ3v) is 2.22. The van der Waals surface area contributed by atoms with Crippen LogP contribution in [0.1, 0.15) is 13.8 Å². The highest BCUT2D eigenvalue weighted by Crippen LogP contribution is 2.21. The Morgan fingerprint density at radius 3 is 2.40 bits per heavy atom. The van der Waals surface area contributed by atoms with Gasteiger partial charge in [0.2, 0.25) is 5.91 Å². The molecule has 0 fully saturated rings. The number of carbonyl (C=O) groups is 3. The van der Waals surface area contributed by atoms with Crippen LogP contribution in [0.5, 0.6) is 5.75 Å². The molecule has 4 N–H and O–H groups in total. The fourth-order valence-corrected chi connectivity index (χ4v) is 1.37. The molecule has 0 bridgehead atoms. The van der Waals surface area contributed by atoms with Crippen molar-refractivity contribution in [3.8, 4) is 5.75 Å². The number of nitrogens with one attached hydrogen (secondary N) is 3. The maximum Gasteiger partial charge on any atom is 0.313 e. The van der Waals surface area contributed by atoms with E-state index in [0.29, 0.717) is 0 Å². The standard InChI is InChI=1S/C13H17N3O4/c1-8(2)15-11(18)7-14-12(19)13(20)16-9-5-3-4-6-10(9)17/h3-6,8,17H,7H2,1-2H3,(H,14,19)(H,15,18)(H,16,20). The van der Waals surface area contributed by atoms with Crippen LogP contribution in [0.25, 0.3) is 0 Å². The third kappa shape index (κ3) is 4.97. The molecule has 0 radical (unpaired) electrons. The Morgan fingerprint density at radius 2 is 1.80 bits per heavy atom. The smallest absolute Gasteiger partial charge is 0.313 e. The summed E-state index contributed by atoms with van der Waals surface area (Å²) in [6.45, 7) is 3.28. The summed E-state index contributed by atoms with van der Waals surface area (Å²) in [6.07, 6.45) is 0. The number of amides is 3. The van der Waals surface area contributed by atoms with Crippen molar-refractivity contribution in [1.82, 2.24) is 10.6 Å². The molecule has 0 unspecified atom stereocenters. The molecular weight excluding hydrogens is 262 g/mol. The van der Waals surface area contributed by atoms with E-state index in [9.17, 15) is 19.5 Å². The molecular formula is C13H17N3O4. The predicted molar refractivity (Wildman–Crippen MR) is 73.0 cm³/mol. The molecule has 1 aromatic carbocycles. The molecule has 0 spiro atoms. The van der Waals surface area contributed by atoms with Crippen molar-refractivity contribution < 1.29 is 19.5 Å². The summed E-state index contributed by atoms with van der Waals surface area (Å²) >= 11 is 0. The summed E-state index contributed by atoms with van der Waals surface area (Å²) in [4.78, 5) is 34.3. The van der Waals surface area contributed by atoms with Gasteiger partial charge in [0.25, 0.3) is 0 Å². The first-order valence-corrected chi connectivity index (χ1v) is 6.06. The molecule has 108 valence electrons. The van der Waals surface area contributed by atoms with Gasteiger partial charge in [0.15, 0.2) is 0 Å². The van der Waals surface area contributed by atoms with Crippen molar-refractivity contribution in [1.29, 1.82) is 0 Å². The van der Waals surface area contributed by atoms with E-state index < -0.39 is 11.8 Å². The van der Waals surface area contributed by atoms with Crippen LogP contribution in [-0.2, 0) is 14.4 Å². The zero-order chi connectivity index (χ0) is 15.1. The lowest BCUT2D eigenvalue weighted by Crippen LogP contribution is -2.43. The highest BCUT2D eigenvalue weighted by molar-refractivity contribution is 6.40. The van der Waals surface area contributed by atoms with Crippen molar-refractivity contribution in [2.75, 3.05) is 11.9 Å². The number of benzene rings is 1. The molecule has 1 aromatic rings. The van der Waals surface area contributed by atoms with Crippen molar-refractivity contribution in [3.05, 3.63) is 24.3 Å². The number of carbonyl (C=O) groups excluding carboxylic acids is 3. The van der Waals surface area contributed by atoms with E-state index in [1.54, 1.807) is 26.0 Å². The summed E-state index contributed by atoms with van der Waals surface area (Å²) in [6, 6.07) is 5.97. The van der Waals surface area contributed by atoms with E-state index in [2.05, 4.69) is 16.0 Å². The van der Waals surface area contributed by atoms with Gasteiger partial charge >= 0.3 is 11.8 Å². The normalized spacial score (nSPS) is 9.95. The van der Waals surface area contributed by atoms with Crippen LogP contribution in [0, 0.1) is 0 Å². The lowest BCUT2D eigenvalue weighted by atomic mass is 10.3. The Hall–Kier alpha value is -2.57. The lowest BCUT2D eigenvalue weighted by Gasteiger charge is -2.09. The summed E-state index contributed by atoms with van der Waals surface area (Å²) in [5, 5.41) is 16.4. The van der Waals surface area contributed by atoms with Gasteiger partial charge in [0.1, 0.15) is 5.75 Å². The summed E-state index contributed by atoms with van der Waals surface area (Å²) in [5.41, 5.74) is 0.124. The first kappa shape index (κ1) is 15.5. The molecule has 7 heteroatoms. The topological polar surface area (TPSA) is 108 Å². The average Bonchev–Trinajstić information content (AvgIpc) is 2.37. The van der Waals surface area contributed by atoms with Gasteiger partial charge in [-0.1, -0.05) is 12.1 Å². The van der Waals surface area contributed by atoms with Gasteiger partial charge in [-0.3, -0.25) is 14.4 Å². The SMILES string of the molecule is CC(C)NC(=O)CNC(=O)C(=O)Nc1ccccc1O. The number of hydrogen-bond acceptors (Lipinski definition) is 4.